The van der Waals surface area contributed by atoms with Crippen molar-refractivity contribution in [2.24, 2.45) is 0 Å². The number of rotatable bonds is 4. The van der Waals surface area contributed by atoms with Crippen LogP contribution < -0.4 is 10.5 Å². The zero-order valence-corrected chi connectivity index (χ0v) is 17.6. The van der Waals surface area contributed by atoms with Crippen LogP contribution in [0.1, 0.15) is 24.0 Å². The summed E-state index contributed by atoms with van der Waals surface area (Å²) in [5.41, 5.74) is 3.14. The number of anilines is 1. The van der Waals surface area contributed by atoms with Crippen LogP contribution in [0.5, 0.6) is 0 Å². The van der Waals surface area contributed by atoms with E-state index in [2.05, 4.69) is 9.97 Å². The topological polar surface area (TPSA) is 96.3 Å². The first kappa shape index (κ1) is 19.7. The number of H-pyrrole nitrogens is 1. The molecule has 0 saturated carbocycles. The van der Waals surface area contributed by atoms with E-state index < -0.39 is 0 Å². The van der Waals surface area contributed by atoms with Crippen molar-refractivity contribution >= 4 is 22.9 Å². The average Bonchev–Trinajstić information content (AvgIpc) is 3.16. The molecule has 2 aromatic heterocycles. The molecule has 3 aromatic rings. The highest BCUT2D eigenvalue weighted by atomic mass is 16.5. The molecule has 5 rings (SSSR count). The molecule has 0 unspecified atom stereocenters. The van der Waals surface area contributed by atoms with Gasteiger partial charge in [-0.2, -0.15) is 0 Å². The van der Waals surface area contributed by atoms with Gasteiger partial charge in [0.15, 0.2) is 0 Å². The summed E-state index contributed by atoms with van der Waals surface area (Å²) in [5.74, 6) is 1.48. The SMILES string of the molecule is CCc1nc2ccccc2n1CC(=O)N1CCc2c(nc(N3CCOCC3)[nH]c2=O)C1. The molecule has 0 aliphatic carbocycles. The standard InChI is InChI=1S/C22H26N6O3/c1-2-19-23-16-5-3-4-6-18(16)28(19)14-20(29)27-8-7-15-17(13-27)24-22(25-21(15)30)26-9-11-31-12-10-26/h3-6H,2,7-14H2,1H3,(H,24,25,30). The molecule has 2 aliphatic heterocycles. The van der Waals surface area contributed by atoms with Gasteiger partial charge in [-0.15, -0.1) is 0 Å². The molecule has 9 nitrogen and oxygen atoms in total. The first-order chi connectivity index (χ1) is 15.1. The van der Waals surface area contributed by atoms with Crippen LogP contribution in [0.2, 0.25) is 0 Å². The molecule has 162 valence electrons. The number of imidazole rings is 1. The van der Waals surface area contributed by atoms with Gasteiger partial charge in [0, 0.05) is 31.6 Å². The van der Waals surface area contributed by atoms with E-state index in [1.165, 1.54) is 0 Å². The minimum absolute atomic E-state index is 0.0125. The molecule has 1 fully saturated rings. The summed E-state index contributed by atoms with van der Waals surface area (Å²) in [4.78, 5) is 41.9. The Morgan fingerprint density at radius 2 is 1.97 bits per heavy atom. The lowest BCUT2D eigenvalue weighted by Gasteiger charge is -2.31. The number of aromatic nitrogens is 4. The number of hydrogen-bond donors (Lipinski definition) is 1. The summed E-state index contributed by atoms with van der Waals surface area (Å²) in [7, 11) is 0. The summed E-state index contributed by atoms with van der Waals surface area (Å²) in [6.45, 7) is 5.76. The Morgan fingerprint density at radius 1 is 1.16 bits per heavy atom. The fraction of sp³-hybridized carbons (Fsp3) is 0.455. The molecule has 0 bridgehead atoms. The third kappa shape index (κ3) is 3.69. The van der Waals surface area contributed by atoms with Crippen molar-refractivity contribution in [3.8, 4) is 0 Å². The highest BCUT2D eigenvalue weighted by molar-refractivity contribution is 5.81. The maximum atomic E-state index is 13.2. The van der Waals surface area contributed by atoms with E-state index in [0.29, 0.717) is 63.0 Å². The summed E-state index contributed by atoms with van der Waals surface area (Å²) in [6, 6.07) is 7.88. The van der Waals surface area contributed by atoms with Gasteiger partial charge in [0.1, 0.15) is 12.4 Å². The lowest BCUT2D eigenvalue weighted by molar-refractivity contribution is -0.132. The van der Waals surface area contributed by atoms with Crippen molar-refractivity contribution in [2.45, 2.75) is 32.9 Å². The maximum absolute atomic E-state index is 13.2. The van der Waals surface area contributed by atoms with E-state index in [-0.39, 0.29) is 18.0 Å². The van der Waals surface area contributed by atoms with Crippen molar-refractivity contribution in [1.29, 1.82) is 0 Å². The first-order valence-corrected chi connectivity index (χ1v) is 10.8. The van der Waals surface area contributed by atoms with Gasteiger partial charge >= 0.3 is 0 Å². The molecule has 0 spiro atoms. The molecule has 1 N–H and O–H groups in total. The van der Waals surface area contributed by atoms with Gasteiger partial charge in [-0.1, -0.05) is 19.1 Å². The van der Waals surface area contributed by atoms with Crippen molar-refractivity contribution in [1.82, 2.24) is 24.4 Å². The summed E-state index contributed by atoms with van der Waals surface area (Å²) < 4.78 is 7.39. The molecular formula is C22H26N6O3. The van der Waals surface area contributed by atoms with E-state index in [1.54, 1.807) is 4.90 Å². The normalized spacial score (nSPS) is 16.5. The number of nitrogens with one attached hydrogen (secondary N) is 1. The Kier molecular flexibility index (Phi) is 5.19. The predicted octanol–water partition coefficient (Wildman–Crippen LogP) is 1.10. The van der Waals surface area contributed by atoms with Crippen LogP contribution in [0.3, 0.4) is 0 Å². The van der Waals surface area contributed by atoms with Crippen LogP contribution in [-0.2, 0) is 35.5 Å². The Hall–Kier alpha value is -3.20. The number of hydrogen-bond acceptors (Lipinski definition) is 6. The number of carbonyl (C=O) groups is 1. The molecular weight excluding hydrogens is 396 g/mol. The van der Waals surface area contributed by atoms with Gasteiger partial charge in [0.2, 0.25) is 11.9 Å². The van der Waals surface area contributed by atoms with Crippen LogP contribution in [0.4, 0.5) is 5.95 Å². The minimum atomic E-state index is -0.104. The van der Waals surface area contributed by atoms with Gasteiger partial charge in [-0.05, 0) is 18.6 Å². The number of aromatic amines is 1. The van der Waals surface area contributed by atoms with E-state index in [0.717, 1.165) is 23.3 Å². The number of fused-ring (bicyclic) bond motifs is 2. The zero-order valence-electron chi connectivity index (χ0n) is 17.6. The number of morpholine rings is 1. The quantitative estimate of drug-likeness (QED) is 0.677. The second kappa shape index (κ2) is 8.14. The van der Waals surface area contributed by atoms with E-state index in [1.807, 2.05) is 40.7 Å². The largest absolute Gasteiger partial charge is 0.378 e. The van der Waals surface area contributed by atoms with E-state index in [4.69, 9.17) is 9.72 Å². The third-order valence-electron chi connectivity index (χ3n) is 6.07. The Morgan fingerprint density at radius 3 is 2.77 bits per heavy atom. The van der Waals surface area contributed by atoms with Gasteiger partial charge < -0.3 is 19.1 Å². The highest BCUT2D eigenvalue weighted by Gasteiger charge is 2.26. The van der Waals surface area contributed by atoms with Gasteiger partial charge in [0.05, 0.1) is 36.5 Å². The fourth-order valence-corrected chi connectivity index (χ4v) is 4.37. The second-order valence-electron chi connectivity index (χ2n) is 7.94. The maximum Gasteiger partial charge on any atom is 0.255 e. The molecule has 1 amide bonds. The van der Waals surface area contributed by atoms with E-state index in [9.17, 15) is 9.59 Å². The Labute approximate surface area is 179 Å². The van der Waals surface area contributed by atoms with Crippen molar-refractivity contribution < 1.29 is 9.53 Å². The van der Waals surface area contributed by atoms with Crippen LogP contribution in [0, 0.1) is 0 Å². The number of ether oxygens (including phenoxy) is 1. The number of para-hydroxylation sites is 2. The van der Waals surface area contributed by atoms with Crippen LogP contribution in [-0.4, -0.2) is 63.2 Å². The highest BCUT2D eigenvalue weighted by Crippen LogP contribution is 2.20. The fourth-order valence-electron chi connectivity index (χ4n) is 4.37. The Balaban J connectivity index is 1.38. The second-order valence-corrected chi connectivity index (χ2v) is 7.94. The molecule has 9 heteroatoms. The lowest BCUT2D eigenvalue weighted by atomic mass is 10.1. The average molecular weight is 422 g/mol. The third-order valence-corrected chi connectivity index (χ3v) is 6.07. The first-order valence-electron chi connectivity index (χ1n) is 10.8. The van der Waals surface area contributed by atoms with Gasteiger partial charge in [-0.3, -0.25) is 14.6 Å². The van der Waals surface area contributed by atoms with Crippen LogP contribution >= 0.6 is 0 Å². The van der Waals surface area contributed by atoms with Crippen molar-refractivity contribution in [2.75, 3.05) is 37.7 Å². The van der Waals surface area contributed by atoms with Gasteiger partial charge in [-0.25, -0.2) is 9.97 Å². The summed E-state index contributed by atoms with van der Waals surface area (Å²) in [6.07, 6.45) is 1.27. The monoisotopic (exact) mass is 422 g/mol. The number of benzene rings is 1. The number of amides is 1. The lowest BCUT2D eigenvalue weighted by Crippen LogP contribution is -2.43. The Bertz CT molecular complexity index is 1180. The number of carbonyl (C=O) groups excluding carboxylic acids is 1. The van der Waals surface area contributed by atoms with Crippen molar-refractivity contribution in [3.63, 3.8) is 0 Å². The molecule has 1 saturated heterocycles. The minimum Gasteiger partial charge on any atom is -0.378 e. The smallest absolute Gasteiger partial charge is 0.255 e. The van der Waals surface area contributed by atoms with Crippen molar-refractivity contribution in [3.05, 3.63) is 51.7 Å². The summed E-state index contributed by atoms with van der Waals surface area (Å²) >= 11 is 0. The molecule has 31 heavy (non-hydrogen) atoms. The van der Waals surface area contributed by atoms with Crippen LogP contribution in [0.25, 0.3) is 11.0 Å². The van der Waals surface area contributed by atoms with Crippen LogP contribution in [0.15, 0.2) is 29.1 Å². The van der Waals surface area contributed by atoms with Gasteiger partial charge in [0.25, 0.3) is 5.56 Å². The zero-order chi connectivity index (χ0) is 21.4. The predicted molar refractivity (Wildman–Crippen MR) is 116 cm³/mol. The molecule has 4 heterocycles. The van der Waals surface area contributed by atoms with E-state index >= 15 is 0 Å². The molecule has 2 aliphatic rings. The number of nitrogens with zero attached hydrogens (tertiary/aromatic N) is 5. The molecule has 0 atom stereocenters. The molecule has 1 aromatic carbocycles. The molecule has 0 radical (unpaired) electrons. The summed E-state index contributed by atoms with van der Waals surface area (Å²) in [5, 5.41) is 0. The number of aryl methyl sites for hydroxylation is 1.